The van der Waals surface area contributed by atoms with Gasteiger partial charge in [-0.15, -0.1) is 0 Å². The maximum atomic E-state index is 12.9. The molecular formula is C16H18F2N2. The van der Waals surface area contributed by atoms with Crippen LogP contribution in [0.4, 0.5) is 20.2 Å². The van der Waals surface area contributed by atoms with E-state index in [0.29, 0.717) is 0 Å². The Bertz CT molecular complexity index is 523. The zero-order valence-electron chi connectivity index (χ0n) is 11.4. The fourth-order valence-corrected chi connectivity index (χ4v) is 2.02. The Kier molecular flexibility index (Phi) is 4.93. The number of likely N-dealkylation sites (N-methyl/N-ethyl adjacent to an activating group) is 1. The van der Waals surface area contributed by atoms with Crippen LogP contribution >= 0.6 is 0 Å². The third kappa shape index (κ3) is 3.95. The molecule has 0 saturated heterocycles. The monoisotopic (exact) mass is 276 g/mol. The van der Waals surface area contributed by atoms with Crippen molar-refractivity contribution in [2.24, 2.45) is 0 Å². The molecule has 2 nitrogen and oxygen atoms in total. The Balaban J connectivity index is 1.87. The van der Waals surface area contributed by atoms with Gasteiger partial charge in [-0.2, -0.15) is 0 Å². The summed E-state index contributed by atoms with van der Waals surface area (Å²) >= 11 is 0. The van der Waals surface area contributed by atoms with Gasteiger partial charge in [0.1, 0.15) is 11.6 Å². The van der Waals surface area contributed by atoms with E-state index in [1.54, 1.807) is 24.3 Å². The lowest BCUT2D eigenvalue weighted by molar-refractivity contribution is 0.627. The maximum Gasteiger partial charge on any atom is 0.123 e. The Labute approximate surface area is 118 Å². The summed E-state index contributed by atoms with van der Waals surface area (Å²) in [4.78, 5) is 2.15. The third-order valence-electron chi connectivity index (χ3n) is 3.13. The van der Waals surface area contributed by atoms with Crippen molar-refractivity contribution in [3.8, 4) is 0 Å². The number of halogens is 2. The second kappa shape index (κ2) is 6.89. The van der Waals surface area contributed by atoms with Crippen LogP contribution in [0.25, 0.3) is 0 Å². The van der Waals surface area contributed by atoms with Crippen molar-refractivity contribution in [2.75, 3.05) is 29.9 Å². The summed E-state index contributed by atoms with van der Waals surface area (Å²) in [6.07, 6.45) is 0. The molecule has 0 spiro atoms. The van der Waals surface area contributed by atoms with Gasteiger partial charge < -0.3 is 10.2 Å². The van der Waals surface area contributed by atoms with Crippen molar-refractivity contribution in [3.05, 3.63) is 60.2 Å². The molecule has 0 aliphatic rings. The average Bonchev–Trinajstić information content (AvgIpc) is 2.47. The quantitative estimate of drug-likeness (QED) is 0.860. The topological polar surface area (TPSA) is 15.3 Å². The lowest BCUT2D eigenvalue weighted by Crippen LogP contribution is -2.28. The highest BCUT2D eigenvalue weighted by Crippen LogP contribution is 2.14. The van der Waals surface area contributed by atoms with E-state index >= 15 is 0 Å². The molecule has 2 aromatic carbocycles. The van der Waals surface area contributed by atoms with E-state index in [1.165, 1.54) is 24.3 Å². The third-order valence-corrected chi connectivity index (χ3v) is 3.13. The van der Waals surface area contributed by atoms with Gasteiger partial charge in [0.15, 0.2) is 0 Å². The number of nitrogens with one attached hydrogen (secondary N) is 1. The van der Waals surface area contributed by atoms with Gasteiger partial charge in [0, 0.05) is 31.0 Å². The summed E-state index contributed by atoms with van der Waals surface area (Å²) in [5.74, 6) is -0.466. The Morgan fingerprint density at radius 2 is 1.45 bits per heavy atom. The molecule has 4 heteroatoms. The minimum absolute atomic E-state index is 0.228. The van der Waals surface area contributed by atoms with Crippen molar-refractivity contribution >= 4 is 11.4 Å². The predicted octanol–water partition coefficient (Wildman–Crippen LogP) is 3.90. The Morgan fingerprint density at radius 1 is 0.900 bits per heavy atom. The fraction of sp³-hybridized carbons (Fsp3) is 0.250. The first-order chi connectivity index (χ1) is 9.69. The van der Waals surface area contributed by atoms with Crippen molar-refractivity contribution in [3.63, 3.8) is 0 Å². The molecule has 0 bridgehead atoms. The molecule has 0 heterocycles. The molecule has 0 aliphatic heterocycles. The van der Waals surface area contributed by atoms with Crippen molar-refractivity contribution in [1.29, 1.82) is 0 Å². The first-order valence-electron chi connectivity index (χ1n) is 6.69. The molecule has 0 unspecified atom stereocenters. The molecule has 0 aliphatic carbocycles. The molecular weight excluding hydrogens is 258 g/mol. The number of nitrogens with zero attached hydrogens (tertiary/aromatic N) is 1. The van der Waals surface area contributed by atoms with Crippen LogP contribution in [0.3, 0.4) is 0 Å². The number of hydrogen-bond donors (Lipinski definition) is 1. The van der Waals surface area contributed by atoms with Gasteiger partial charge in [0.2, 0.25) is 0 Å². The van der Waals surface area contributed by atoms with E-state index in [2.05, 4.69) is 17.1 Å². The summed E-state index contributed by atoms with van der Waals surface area (Å²) in [6.45, 7) is 4.42. The SMILES string of the molecule is CCN(CCNc1ccc(F)cc1)c1ccc(F)cc1. The lowest BCUT2D eigenvalue weighted by Gasteiger charge is -2.23. The molecule has 1 N–H and O–H groups in total. The molecule has 20 heavy (non-hydrogen) atoms. The van der Waals surface area contributed by atoms with Crippen LogP contribution in [0, 0.1) is 11.6 Å². The largest absolute Gasteiger partial charge is 0.383 e. The smallest absolute Gasteiger partial charge is 0.123 e. The normalized spacial score (nSPS) is 10.3. The Hall–Kier alpha value is -2.10. The van der Waals surface area contributed by atoms with Gasteiger partial charge in [-0.25, -0.2) is 8.78 Å². The number of benzene rings is 2. The van der Waals surface area contributed by atoms with Crippen LogP contribution in [-0.4, -0.2) is 19.6 Å². The average molecular weight is 276 g/mol. The van der Waals surface area contributed by atoms with Gasteiger partial charge >= 0.3 is 0 Å². The molecule has 106 valence electrons. The van der Waals surface area contributed by atoms with Crippen molar-refractivity contribution < 1.29 is 8.78 Å². The van der Waals surface area contributed by atoms with E-state index in [0.717, 1.165) is 31.0 Å². The lowest BCUT2D eigenvalue weighted by atomic mass is 10.2. The predicted molar refractivity (Wildman–Crippen MR) is 79.2 cm³/mol. The van der Waals surface area contributed by atoms with E-state index in [-0.39, 0.29) is 11.6 Å². The van der Waals surface area contributed by atoms with Crippen LogP contribution in [0.5, 0.6) is 0 Å². The summed E-state index contributed by atoms with van der Waals surface area (Å²) in [7, 11) is 0. The summed E-state index contributed by atoms with van der Waals surface area (Å²) in [5.41, 5.74) is 1.89. The number of anilines is 2. The van der Waals surface area contributed by atoms with Crippen LogP contribution in [0.1, 0.15) is 6.92 Å². The number of rotatable bonds is 6. The van der Waals surface area contributed by atoms with Crippen molar-refractivity contribution in [1.82, 2.24) is 0 Å². The minimum Gasteiger partial charge on any atom is -0.383 e. The second-order valence-corrected chi connectivity index (χ2v) is 4.49. The summed E-state index contributed by atoms with van der Waals surface area (Å²) in [5, 5.41) is 3.24. The van der Waals surface area contributed by atoms with E-state index in [4.69, 9.17) is 0 Å². The highest BCUT2D eigenvalue weighted by atomic mass is 19.1. The standard InChI is InChI=1S/C16H18F2N2/c1-2-20(16-9-5-14(18)6-10-16)12-11-19-15-7-3-13(17)4-8-15/h3-10,19H,2,11-12H2,1H3. The van der Waals surface area contributed by atoms with E-state index in [9.17, 15) is 8.78 Å². The highest BCUT2D eigenvalue weighted by molar-refractivity contribution is 5.47. The van der Waals surface area contributed by atoms with Crippen LogP contribution in [-0.2, 0) is 0 Å². The minimum atomic E-state index is -0.239. The molecule has 0 fully saturated rings. The highest BCUT2D eigenvalue weighted by Gasteiger charge is 2.04. The van der Waals surface area contributed by atoms with Gasteiger partial charge in [0.25, 0.3) is 0 Å². The maximum absolute atomic E-state index is 12.9. The first-order valence-corrected chi connectivity index (χ1v) is 6.69. The zero-order chi connectivity index (χ0) is 14.4. The fourth-order valence-electron chi connectivity index (χ4n) is 2.02. The zero-order valence-corrected chi connectivity index (χ0v) is 11.4. The molecule has 2 aromatic rings. The van der Waals surface area contributed by atoms with E-state index in [1.807, 2.05) is 0 Å². The second-order valence-electron chi connectivity index (χ2n) is 4.49. The Morgan fingerprint density at radius 3 is 2.00 bits per heavy atom. The first kappa shape index (κ1) is 14.3. The summed E-state index contributed by atoms with van der Waals surface area (Å²) < 4.78 is 25.7. The van der Waals surface area contributed by atoms with Gasteiger partial charge in [0.05, 0.1) is 0 Å². The molecule has 0 aromatic heterocycles. The molecule has 0 radical (unpaired) electrons. The van der Waals surface area contributed by atoms with Gasteiger partial charge in [-0.1, -0.05) is 0 Å². The molecule has 0 amide bonds. The van der Waals surface area contributed by atoms with Crippen LogP contribution in [0.15, 0.2) is 48.5 Å². The van der Waals surface area contributed by atoms with Crippen LogP contribution < -0.4 is 10.2 Å². The van der Waals surface area contributed by atoms with Crippen molar-refractivity contribution in [2.45, 2.75) is 6.92 Å². The van der Waals surface area contributed by atoms with E-state index < -0.39 is 0 Å². The summed E-state index contributed by atoms with van der Waals surface area (Å²) in [6, 6.07) is 12.8. The van der Waals surface area contributed by atoms with Crippen LogP contribution in [0.2, 0.25) is 0 Å². The molecule has 0 atom stereocenters. The molecule has 0 saturated carbocycles. The van der Waals surface area contributed by atoms with Gasteiger partial charge in [-0.3, -0.25) is 0 Å². The van der Waals surface area contributed by atoms with Gasteiger partial charge in [-0.05, 0) is 55.5 Å². The number of hydrogen-bond acceptors (Lipinski definition) is 2. The molecule has 2 rings (SSSR count).